The van der Waals surface area contributed by atoms with Crippen LogP contribution in [-0.4, -0.2) is 11.9 Å². The van der Waals surface area contributed by atoms with Gasteiger partial charge in [-0.1, -0.05) is 77.9 Å². The number of rotatable bonds is 7. The summed E-state index contributed by atoms with van der Waals surface area (Å²) in [6, 6.07) is 24.0. The third-order valence-electron chi connectivity index (χ3n) is 5.81. The van der Waals surface area contributed by atoms with Gasteiger partial charge in [0.1, 0.15) is 11.5 Å². The molecule has 0 bridgehead atoms. The molecule has 0 saturated heterocycles. The SMILES string of the molecule is Cc1ccc(-c2ccc(OC(=O)CCC(=O)OC3=CCC(c4ccc(C)cc4)C=C3)cc2)cc1. The van der Waals surface area contributed by atoms with Crippen molar-refractivity contribution < 1.29 is 19.1 Å². The van der Waals surface area contributed by atoms with E-state index in [9.17, 15) is 9.59 Å². The molecule has 1 aliphatic carbocycles. The van der Waals surface area contributed by atoms with Gasteiger partial charge in [-0.15, -0.1) is 0 Å². The normalized spacial score (nSPS) is 14.9. The highest BCUT2D eigenvalue weighted by molar-refractivity contribution is 5.79. The Labute approximate surface area is 200 Å². The van der Waals surface area contributed by atoms with Gasteiger partial charge < -0.3 is 9.47 Å². The Morgan fingerprint density at radius 3 is 1.82 bits per heavy atom. The van der Waals surface area contributed by atoms with Gasteiger partial charge in [-0.3, -0.25) is 9.59 Å². The molecule has 3 aromatic carbocycles. The molecule has 1 atom stereocenters. The van der Waals surface area contributed by atoms with Crippen molar-refractivity contribution in [2.75, 3.05) is 0 Å². The van der Waals surface area contributed by atoms with E-state index in [1.165, 1.54) is 16.7 Å². The van der Waals surface area contributed by atoms with Crippen molar-refractivity contribution in [1.82, 2.24) is 0 Å². The highest BCUT2D eigenvalue weighted by atomic mass is 16.5. The number of esters is 2. The van der Waals surface area contributed by atoms with Crippen LogP contribution in [0.2, 0.25) is 0 Å². The smallest absolute Gasteiger partial charge is 0.311 e. The summed E-state index contributed by atoms with van der Waals surface area (Å²) in [7, 11) is 0. The van der Waals surface area contributed by atoms with Crippen LogP contribution in [0, 0.1) is 13.8 Å². The van der Waals surface area contributed by atoms with Gasteiger partial charge in [0.05, 0.1) is 12.8 Å². The maximum Gasteiger partial charge on any atom is 0.311 e. The largest absolute Gasteiger partial charge is 0.427 e. The van der Waals surface area contributed by atoms with Gasteiger partial charge in [0.25, 0.3) is 0 Å². The zero-order valence-electron chi connectivity index (χ0n) is 19.5. The summed E-state index contributed by atoms with van der Waals surface area (Å²) < 4.78 is 10.8. The van der Waals surface area contributed by atoms with Gasteiger partial charge in [-0.2, -0.15) is 0 Å². The Bertz CT molecular complexity index is 1200. The summed E-state index contributed by atoms with van der Waals surface area (Å²) in [5.41, 5.74) is 5.81. The molecule has 0 spiro atoms. The lowest BCUT2D eigenvalue weighted by atomic mass is 9.91. The summed E-state index contributed by atoms with van der Waals surface area (Å²) in [5.74, 6) is 0.335. The van der Waals surface area contributed by atoms with Crippen LogP contribution < -0.4 is 4.74 Å². The first-order chi connectivity index (χ1) is 16.5. The van der Waals surface area contributed by atoms with Gasteiger partial charge in [0.15, 0.2) is 0 Å². The molecule has 0 N–H and O–H groups in total. The first-order valence-corrected chi connectivity index (χ1v) is 11.5. The van der Waals surface area contributed by atoms with Crippen molar-refractivity contribution in [1.29, 1.82) is 0 Å². The first-order valence-electron chi connectivity index (χ1n) is 11.5. The van der Waals surface area contributed by atoms with Crippen LogP contribution in [0.25, 0.3) is 11.1 Å². The van der Waals surface area contributed by atoms with E-state index in [0.717, 1.165) is 17.5 Å². The van der Waals surface area contributed by atoms with Crippen LogP contribution in [0.5, 0.6) is 5.75 Å². The average molecular weight is 453 g/mol. The second-order valence-corrected chi connectivity index (χ2v) is 8.56. The van der Waals surface area contributed by atoms with Crippen molar-refractivity contribution in [3.05, 3.63) is 113 Å². The minimum atomic E-state index is -0.465. The summed E-state index contributed by atoms with van der Waals surface area (Å²) in [6.07, 6.45) is 6.47. The zero-order chi connectivity index (χ0) is 23.9. The molecule has 0 aromatic heterocycles. The van der Waals surface area contributed by atoms with Gasteiger partial charge in [0, 0.05) is 5.92 Å². The maximum atomic E-state index is 12.2. The molecule has 4 rings (SSSR count). The molecule has 4 heteroatoms. The van der Waals surface area contributed by atoms with Crippen LogP contribution in [0.15, 0.2) is 96.8 Å². The van der Waals surface area contributed by atoms with Crippen LogP contribution in [0.1, 0.15) is 41.9 Å². The number of carbonyl (C=O) groups is 2. The zero-order valence-corrected chi connectivity index (χ0v) is 19.5. The quantitative estimate of drug-likeness (QED) is 0.291. The number of allylic oxidation sites excluding steroid dienone is 3. The molecule has 34 heavy (non-hydrogen) atoms. The maximum absolute atomic E-state index is 12.2. The van der Waals surface area contributed by atoms with Crippen LogP contribution in [0.4, 0.5) is 0 Å². The lowest BCUT2D eigenvalue weighted by molar-refractivity contribution is -0.143. The van der Waals surface area contributed by atoms with E-state index >= 15 is 0 Å². The van der Waals surface area contributed by atoms with Crippen molar-refractivity contribution in [2.45, 2.75) is 39.0 Å². The Morgan fingerprint density at radius 1 is 0.735 bits per heavy atom. The molecule has 0 amide bonds. The molecule has 0 aliphatic heterocycles. The molecule has 4 nitrogen and oxygen atoms in total. The van der Waals surface area contributed by atoms with Crippen LogP contribution in [0.3, 0.4) is 0 Å². The molecule has 0 saturated carbocycles. The topological polar surface area (TPSA) is 52.6 Å². The number of hydrogen-bond donors (Lipinski definition) is 0. The van der Waals surface area contributed by atoms with Crippen LogP contribution >= 0.6 is 0 Å². The van der Waals surface area contributed by atoms with Crippen LogP contribution in [-0.2, 0) is 14.3 Å². The minimum Gasteiger partial charge on any atom is -0.427 e. The molecule has 1 aliphatic rings. The highest BCUT2D eigenvalue weighted by Gasteiger charge is 2.15. The van der Waals surface area contributed by atoms with Crippen molar-refractivity contribution in [2.24, 2.45) is 0 Å². The van der Waals surface area contributed by atoms with Gasteiger partial charge in [-0.05, 0) is 61.2 Å². The van der Waals surface area contributed by atoms with E-state index < -0.39 is 11.9 Å². The monoisotopic (exact) mass is 452 g/mol. The standard InChI is InChI=1S/C30H28O4/c1-21-3-7-23(8-4-21)25-11-15-27(16-12-25)33-29(31)19-20-30(32)34-28-17-13-26(14-18-28)24-9-5-22(2)6-10-24/h3-13,15-18,26H,14,19-20H2,1-2H3. The minimum absolute atomic E-state index is 0.0349. The van der Waals surface area contributed by atoms with Crippen molar-refractivity contribution in [3.8, 4) is 16.9 Å². The number of hydrogen-bond acceptors (Lipinski definition) is 4. The second kappa shape index (κ2) is 10.8. The summed E-state index contributed by atoms with van der Waals surface area (Å²) in [5, 5.41) is 0. The molecular weight excluding hydrogens is 424 g/mol. The number of carbonyl (C=O) groups excluding carboxylic acids is 2. The van der Waals surface area contributed by atoms with Gasteiger partial charge in [-0.25, -0.2) is 0 Å². The van der Waals surface area contributed by atoms with E-state index in [2.05, 4.69) is 55.5 Å². The predicted octanol–water partition coefficient (Wildman–Crippen LogP) is 6.83. The average Bonchev–Trinajstić information content (AvgIpc) is 2.85. The lowest BCUT2D eigenvalue weighted by Gasteiger charge is -2.16. The van der Waals surface area contributed by atoms with E-state index in [0.29, 0.717) is 11.5 Å². The lowest BCUT2D eigenvalue weighted by Crippen LogP contribution is -2.12. The van der Waals surface area contributed by atoms with Gasteiger partial charge in [0.2, 0.25) is 0 Å². The van der Waals surface area contributed by atoms with Crippen molar-refractivity contribution in [3.63, 3.8) is 0 Å². The van der Waals surface area contributed by atoms with Gasteiger partial charge >= 0.3 is 11.9 Å². The second-order valence-electron chi connectivity index (χ2n) is 8.56. The molecule has 172 valence electrons. The number of aryl methyl sites for hydroxylation is 2. The fourth-order valence-corrected chi connectivity index (χ4v) is 3.77. The molecule has 0 heterocycles. The Balaban J connectivity index is 1.21. The molecule has 0 radical (unpaired) electrons. The van der Waals surface area contributed by atoms with E-state index in [-0.39, 0.29) is 18.8 Å². The summed E-state index contributed by atoms with van der Waals surface area (Å²) in [4.78, 5) is 24.3. The molecule has 3 aromatic rings. The molecular formula is C30H28O4. The molecule has 0 fully saturated rings. The third kappa shape index (κ3) is 6.32. The van der Waals surface area contributed by atoms with E-state index in [1.807, 2.05) is 37.3 Å². The summed E-state index contributed by atoms with van der Waals surface area (Å²) >= 11 is 0. The number of benzene rings is 3. The fourth-order valence-electron chi connectivity index (χ4n) is 3.77. The van der Waals surface area contributed by atoms with E-state index in [1.54, 1.807) is 12.1 Å². The number of ether oxygens (including phenoxy) is 2. The van der Waals surface area contributed by atoms with Crippen molar-refractivity contribution >= 4 is 11.9 Å². The Kier molecular flexibility index (Phi) is 7.38. The molecule has 1 unspecified atom stereocenters. The summed E-state index contributed by atoms with van der Waals surface area (Å²) in [6.45, 7) is 4.11. The predicted molar refractivity (Wildman–Crippen MR) is 133 cm³/mol. The first kappa shape index (κ1) is 23.2. The van der Waals surface area contributed by atoms with E-state index in [4.69, 9.17) is 9.47 Å². The Morgan fingerprint density at radius 2 is 1.26 bits per heavy atom. The Hall–Kier alpha value is -3.92. The fraction of sp³-hybridized carbons (Fsp3) is 0.200. The third-order valence-corrected chi connectivity index (χ3v) is 5.81. The highest BCUT2D eigenvalue weighted by Crippen LogP contribution is 2.27.